The summed E-state index contributed by atoms with van der Waals surface area (Å²) in [4.78, 5) is 6.16. The number of halogens is 1. The molecule has 0 saturated heterocycles. The molecular formula is C10H16ClN3. The lowest BCUT2D eigenvalue weighted by atomic mass is 10.2. The van der Waals surface area contributed by atoms with Crippen LogP contribution in [0.25, 0.3) is 0 Å². The maximum Gasteiger partial charge on any atom is 0.0639 e. The molecule has 0 radical (unpaired) electrons. The second-order valence-electron chi connectivity index (χ2n) is 3.52. The van der Waals surface area contributed by atoms with Crippen LogP contribution in [-0.4, -0.2) is 37.1 Å². The van der Waals surface area contributed by atoms with E-state index in [1.165, 1.54) is 0 Å². The van der Waals surface area contributed by atoms with Gasteiger partial charge < -0.3 is 10.2 Å². The van der Waals surface area contributed by atoms with Gasteiger partial charge in [0.05, 0.1) is 16.9 Å². The van der Waals surface area contributed by atoms with Crippen molar-refractivity contribution in [2.75, 3.05) is 32.5 Å². The van der Waals surface area contributed by atoms with E-state index in [4.69, 9.17) is 11.6 Å². The van der Waals surface area contributed by atoms with Crippen molar-refractivity contribution in [3.63, 3.8) is 0 Å². The third-order valence-electron chi connectivity index (χ3n) is 2.03. The van der Waals surface area contributed by atoms with E-state index in [-0.39, 0.29) is 0 Å². The van der Waals surface area contributed by atoms with Crippen LogP contribution in [0.3, 0.4) is 0 Å². The molecule has 0 fully saturated rings. The fourth-order valence-corrected chi connectivity index (χ4v) is 1.25. The average Bonchev–Trinajstić information content (AvgIpc) is 2.12. The molecule has 0 aromatic carbocycles. The highest BCUT2D eigenvalue weighted by molar-refractivity contribution is 6.31. The normalized spacial score (nSPS) is 10.6. The molecule has 78 valence electrons. The Bertz CT molecular complexity index is 299. The molecular weight excluding hydrogens is 198 g/mol. The number of likely N-dealkylation sites (N-methyl/N-ethyl adjacent to an activating group) is 1. The molecule has 0 aliphatic carbocycles. The van der Waals surface area contributed by atoms with E-state index >= 15 is 0 Å². The molecule has 1 N–H and O–H groups in total. The number of hydrogen-bond acceptors (Lipinski definition) is 3. The van der Waals surface area contributed by atoms with Crippen LogP contribution in [0.1, 0.15) is 5.56 Å². The zero-order valence-corrected chi connectivity index (χ0v) is 9.60. The van der Waals surface area contributed by atoms with Crippen LogP contribution in [0.2, 0.25) is 5.02 Å². The first-order valence-corrected chi connectivity index (χ1v) is 4.97. The molecule has 1 aromatic rings. The number of rotatable bonds is 4. The topological polar surface area (TPSA) is 28.2 Å². The molecule has 14 heavy (non-hydrogen) atoms. The zero-order chi connectivity index (χ0) is 10.6. The van der Waals surface area contributed by atoms with Gasteiger partial charge in [-0.05, 0) is 26.6 Å². The van der Waals surface area contributed by atoms with Crippen molar-refractivity contribution < 1.29 is 0 Å². The highest BCUT2D eigenvalue weighted by Gasteiger charge is 2.01. The van der Waals surface area contributed by atoms with Gasteiger partial charge in [0.15, 0.2) is 0 Å². The summed E-state index contributed by atoms with van der Waals surface area (Å²) in [6.07, 6.45) is 3.46. The van der Waals surface area contributed by atoms with Crippen molar-refractivity contribution in [2.24, 2.45) is 0 Å². The lowest BCUT2D eigenvalue weighted by Gasteiger charge is -2.13. The minimum absolute atomic E-state index is 0.708. The van der Waals surface area contributed by atoms with Crippen LogP contribution in [0, 0.1) is 6.92 Å². The van der Waals surface area contributed by atoms with E-state index in [9.17, 15) is 0 Å². The molecule has 0 bridgehead atoms. The fourth-order valence-electron chi connectivity index (χ4n) is 1.09. The van der Waals surface area contributed by atoms with Gasteiger partial charge in [0, 0.05) is 19.3 Å². The van der Waals surface area contributed by atoms with Gasteiger partial charge in [-0.1, -0.05) is 11.6 Å². The first kappa shape index (κ1) is 11.3. The first-order valence-electron chi connectivity index (χ1n) is 4.60. The van der Waals surface area contributed by atoms with E-state index in [1.54, 1.807) is 12.4 Å². The summed E-state index contributed by atoms with van der Waals surface area (Å²) in [5, 5.41) is 4.00. The molecule has 3 nitrogen and oxygen atoms in total. The minimum Gasteiger partial charge on any atom is -0.382 e. The number of aromatic nitrogens is 1. The predicted octanol–water partition coefficient (Wildman–Crippen LogP) is 2.02. The van der Waals surface area contributed by atoms with Crippen molar-refractivity contribution in [1.82, 2.24) is 9.88 Å². The van der Waals surface area contributed by atoms with Crippen molar-refractivity contribution in [3.05, 3.63) is 23.0 Å². The predicted molar refractivity (Wildman–Crippen MR) is 61.0 cm³/mol. The second-order valence-corrected chi connectivity index (χ2v) is 3.93. The van der Waals surface area contributed by atoms with Crippen LogP contribution in [0.5, 0.6) is 0 Å². The number of hydrogen-bond donors (Lipinski definition) is 1. The summed E-state index contributed by atoms with van der Waals surface area (Å²) >= 11 is 5.94. The average molecular weight is 214 g/mol. The van der Waals surface area contributed by atoms with Gasteiger partial charge in [0.2, 0.25) is 0 Å². The van der Waals surface area contributed by atoms with Crippen LogP contribution in [0.15, 0.2) is 12.4 Å². The highest BCUT2D eigenvalue weighted by atomic mass is 35.5. The summed E-state index contributed by atoms with van der Waals surface area (Å²) < 4.78 is 0. The molecule has 4 heteroatoms. The third-order valence-corrected chi connectivity index (χ3v) is 2.41. The van der Waals surface area contributed by atoms with Gasteiger partial charge in [-0.25, -0.2) is 0 Å². The lowest BCUT2D eigenvalue weighted by molar-refractivity contribution is 0.425. The number of nitrogens with zero attached hydrogens (tertiary/aromatic N) is 2. The van der Waals surface area contributed by atoms with Crippen molar-refractivity contribution in [3.8, 4) is 0 Å². The number of nitrogens with one attached hydrogen (secondary N) is 1. The Labute approximate surface area is 90.1 Å². The summed E-state index contributed by atoms with van der Waals surface area (Å²) in [5.74, 6) is 0. The largest absolute Gasteiger partial charge is 0.382 e. The Hall–Kier alpha value is -0.800. The Kier molecular flexibility index (Phi) is 4.17. The maximum absolute atomic E-state index is 5.94. The van der Waals surface area contributed by atoms with Gasteiger partial charge in [-0.3, -0.25) is 4.98 Å². The molecule has 0 amide bonds. The summed E-state index contributed by atoms with van der Waals surface area (Å²) in [5.41, 5.74) is 2.07. The minimum atomic E-state index is 0.708. The van der Waals surface area contributed by atoms with Gasteiger partial charge in [-0.15, -0.1) is 0 Å². The van der Waals surface area contributed by atoms with E-state index in [1.807, 2.05) is 21.0 Å². The van der Waals surface area contributed by atoms with Gasteiger partial charge in [0.1, 0.15) is 0 Å². The Morgan fingerprint density at radius 2 is 2.14 bits per heavy atom. The molecule has 0 spiro atoms. The van der Waals surface area contributed by atoms with Crippen molar-refractivity contribution >= 4 is 17.3 Å². The van der Waals surface area contributed by atoms with E-state index < -0.39 is 0 Å². The van der Waals surface area contributed by atoms with E-state index in [0.29, 0.717) is 5.02 Å². The molecule has 0 aliphatic rings. The van der Waals surface area contributed by atoms with Crippen LogP contribution in [0.4, 0.5) is 5.69 Å². The Morgan fingerprint density at radius 3 is 2.79 bits per heavy atom. The van der Waals surface area contributed by atoms with Gasteiger partial charge in [0.25, 0.3) is 0 Å². The first-order chi connectivity index (χ1) is 6.61. The monoisotopic (exact) mass is 213 g/mol. The molecule has 1 heterocycles. The van der Waals surface area contributed by atoms with Gasteiger partial charge in [-0.2, -0.15) is 0 Å². The lowest BCUT2D eigenvalue weighted by Crippen LogP contribution is -2.21. The van der Waals surface area contributed by atoms with Crippen LogP contribution < -0.4 is 5.32 Å². The number of anilines is 1. The Morgan fingerprint density at radius 1 is 1.43 bits per heavy atom. The maximum atomic E-state index is 5.94. The number of pyridine rings is 1. The zero-order valence-electron chi connectivity index (χ0n) is 8.84. The summed E-state index contributed by atoms with van der Waals surface area (Å²) in [6.45, 7) is 3.88. The van der Waals surface area contributed by atoms with Gasteiger partial charge >= 0.3 is 0 Å². The Balaban J connectivity index is 2.54. The quantitative estimate of drug-likeness (QED) is 0.830. The van der Waals surface area contributed by atoms with Crippen LogP contribution >= 0.6 is 11.6 Å². The molecule has 1 rings (SSSR count). The standard InChI is InChI=1S/C10H16ClN3/c1-8-9(11)6-12-7-10(8)13-4-5-14(2)3/h6-7,13H,4-5H2,1-3H3. The molecule has 0 saturated carbocycles. The second kappa shape index (κ2) is 5.17. The fraction of sp³-hybridized carbons (Fsp3) is 0.500. The summed E-state index contributed by atoms with van der Waals surface area (Å²) in [7, 11) is 4.09. The highest BCUT2D eigenvalue weighted by Crippen LogP contribution is 2.20. The molecule has 0 unspecified atom stereocenters. The molecule has 0 aliphatic heterocycles. The summed E-state index contributed by atoms with van der Waals surface area (Å²) in [6, 6.07) is 0. The SMILES string of the molecule is Cc1c(Cl)cncc1NCCN(C)C. The van der Waals surface area contributed by atoms with Crippen LogP contribution in [-0.2, 0) is 0 Å². The molecule has 1 aromatic heterocycles. The van der Waals surface area contributed by atoms with Crippen molar-refractivity contribution in [1.29, 1.82) is 0 Å². The van der Waals surface area contributed by atoms with Crippen molar-refractivity contribution in [2.45, 2.75) is 6.92 Å². The van der Waals surface area contributed by atoms with E-state index in [0.717, 1.165) is 24.3 Å². The third kappa shape index (κ3) is 3.16. The smallest absolute Gasteiger partial charge is 0.0639 e. The molecule has 0 atom stereocenters. The van der Waals surface area contributed by atoms with E-state index in [2.05, 4.69) is 15.2 Å².